The first-order valence-electron chi connectivity index (χ1n) is 9.22. The average molecular weight is 367 g/mol. The molecule has 1 aromatic heterocycles. The summed E-state index contributed by atoms with van der Waals surface area (Å²) in [5.41, 5.74) is 1.97. The summed E-state index contributed by atoms with van der Waals surface area (Å²) in [6.07, 6.45) is 4.30. The highest BCUT2D eigenvalue weighted by molar-refractivity contribution is 5.87. The van der Waals surface area contributed by atoms with Crippen molar-refractivity contribution < 1.29 is 14.3 Å². The minimum Gasteiger partial charge on any atom is -0.361 e. The smallest absolute Gasteiger partial charge is 0.254 e. The summed E-state index contributed by atoms with van der Waals surface area (Å²) in [6, 6.07) is 11.8. The van der Waals surface area contributed by atoms with E-state index in [1.807, 2.05) is 43.3 Å². The summed E-state index contributed by atoms with van der Waals surface area (Å²) in [7, 11) is 1.60. The van der Waals surface area contributed by atoms with Gasteiger partial charge in [-0.1, -0.05) is 31.2 Å². The Hall–Kier alpha value is -2.73. The quantitative estimate of drug-likeness (QED) is 0.878. The molecule has 0 spiro atoms. The molecule has 1 aromatic carbocycles. The summed E-state index contributed by atoms with van der Waals surface area (Å²) in [5.74, 6) is -0.172. The number of morpholine rings is 1. The van der Waals surface area contributed by atoms with Crippen LogP contribution in [0.4, 0.5) is 0 Å². The van der Waals surface area contributed by atoms with E-state index in [9.17, 15) is 9.59 Å². The van der Waals surface area contributed by atoms with E-state index in [2.05, 4.69) is 10.3 Å². The molecule has 1 aliphatic rings. The number of benzene rings is 1. The molecule has 2 heterocycles. The van der Waals surface area contributed by atoms with Crippen LogP contribution in [0, 0.1) is 0 Å². The van der Waals surface area contributed by atoms with E-state index in [1.165, 1.54) is 0 Å². The number of aromatic nitrogens is 1. The lowest BCUT2D eigenvalue weighted by atomic mass is 9.87. The van der Waals surface area contributed by atoms with Gasteiger partial charge in [-0.05, 0) is 28.8 Å². The number of likely N-dealkylation sites (N-methyl/N-ethyl adjacent to an activating group) is 1. The molecule has 27 heavy (non-hydrogen) atoms. The van der Waals surface area contributed by atoms with Crippen molar-refractivity contribution in [1.82, 2.24) is 15.2 Å². The molecular weight excluding hydrogens is 342 g/mol. The molecule has 3 rings (SSSR count). The van der Waals surface area contributed by atoms with Crippen LogP contribution in [0.15, 0.2) is 48.8 Å². The Labute approximate surface area is 159 Å². The van der Waals surface area contributed by atoms with Gasteiger partial charge >= 0.3 is 0 Å². The lowest BCUT2D eigenvalue weighted by Gasteiger charge is -2.41. The summed E-state index contributed by atoms with van der Waals surface area (Å²) in [5, 5.41) is 2.72. The number of ether oxygens (including phenoxy) is 1. The first-order chi connectivity index (χ1) is 13.1. The number of rotatable bonds is 5. The normalized spacial score (nSPS) is 19.6. The van der Waals surface area contributed by atoms with E-state index in [0.29, 0.717) is 26.0 Å². The number of hydrogen-bond donors (Lipinski definition) is 1. The standard InChI is InChI=1S/C21H25N3O3/c1-3-19(25)24-12-13-27-21(15-24,20(26)22-2)14-17-6-4-5-7-18(17)16-8-10-23-11-9-16/h4-11H,3,12-15H2,1-2H3,(H,22,26). The number of nitrogens with one attached hydrogen (secondary N) is 1. The zero-order valence-electron chi connectivity index (χ0n) is 15.8. The molecule has 142 valence electrons. The third kappa shape index (κ3) is 4.01. The fraction of sp³-hybridized carbons (Fsp3) is 0.381. The van der Waals surface area contributed by atoms with Gasteiger partial charge in [-0.25, -0.2) is 0 Å². The highest BCUT2D eigenvalue weighted by Gasteiger charge is 2.44. The van der Waals surface area contributed by atoms with Gasteiger partial charge in [0.1, 0.15) is 0 Å². The van der Waals surface area contributed by atoms with Gasteiger partial charge in [-0.2, -0.15) is 0 Å². The lowest BCUT2D eigenvalue weighted by Crippen LogP contribution is -2.61. The van der Waals surface area contributed by atoms with Crippen LogP contribution in [0.2, 0.25) is 0 Å². The number of nitrogens with zero attached hydrogens (tertiary/aromatic N) is 2. The fourth-order valence-corrected chi connectivity index (χ4v) is 3.57. The second-order valence-electron chi connectivity index (χ2n) is 6.66. The fourth-order valence-electron chi connectivity index (χ4n) is 3.57. The monoisotopic (exact) mass is 367 g/mol. The molecule has 0 radical (unpaired) electrons. The molecule has 1 fully saturated rings. The van der Waals surface area contributed by atoms with Crippen molar-refractivity contribution in [2.45, 2.75) is 25.4 Å². The van der Waals surface area contributed by atoms with E-state index in [0.717, 1.165) is 16.7 Å². The van der Waals surface area contributed by atoms with Crippen LogP contribution in [0.25, 0.3) is 11.1 Å². The van der Waals surface area contributed by atoms with Crippen molar-refractivity contribution in [1.29, 1.82) is 0 Å². The first-order valence-corrected chi connectivity index (χ1v) is 9.22. The molecule has 2 aromatic rings. The van der Waals surface area contributed by atoms with Crippen molar-refractivity contribution in [2.75, 3.05) is 26.7 Å². The molecule has 0 aliphatic carbocycles. The highest BCUT2D eigenvalue weighted by Crippen LogP contribution is 2.30. The van der Waals surface area contributed by atoms with Gasteiger partial charge in [-0.3, -0.25) is 14.6 Å². The van der Waals surface area contributed by atoms with E-state index in [1.54, 1.807) is 24.3 Å². The Morgan fingerprint density at radius 2 is 1.96 bits per heavy atom. The Kier molecular flexibility index (Phi) is 5.86. The van der Waals surface area contributed by atoms with E-state index < -0.39 is 5.60 Å². The second kappa shape index (κ2) is 8.31. The maximum absolute atomic E-state index is 12.8. The largest absolute Gasteiger partial charge is 0.361 e. The predicted octanol–water partition coefficient (Wildman–Crippen LogP) is 2.04. The van der Waals surface area contributed by atoms with Gasteiger partial charge in [0.2, 0.25) is 5.91 Å². The van der Waals surface area contributed by atoms with Gasteiger partial charge < -0.3 is 15.0 Å². The van der Waals surface area contributed by atoms with Crippen LogP contribution in [0.3, 0.4) is 0 Å². The summed E-state index contributed by atoms with van der Waals surface area (Å²) in [4.78, 5) is 30.9. The molecule has 0 saturated carbocycles. The third-order valence-corrected chi connectivity index (χ3v) is 4.97. The van der Waals surface area contributed by atoms with E-state index in [4.69, 9.17) is 4.74 Å². The van der Waals surface area contributed by atoms with Crippen molar-refractivity contribution >= 4 is 11.8 Å². The molecule has 1 aliphatic heterocycles. The molecule has 6 nitrogen and oxygen atoms in total. The molecule has 1 N–H and O–H groups in total. The highest BCUT2D eigenvalue weighted by atomic mass is 16.5. The Morgan fingerprint density at radius 1 is 1.22 bits per heavy atom. The van der Waals surface area contributed by atoms with Crippen LogP contribution in [0.5, 0.6) is 0 Å². The minimum absolute atomic E-state index is 0.0361. The number of pyridine rings is 1. The van der Waals surface area contributed by atoms with Crippen LogP contribution in [0.1, 0.15) is 18.9 Å². The maximum atomic E-state index is 12.8. The zero-order chi connectivity index (χ0) is 19.3. The molecule has 2 amide bonds. The Balaban J connectivity index is 1.97. The van der Waals surface area contributed by atoms with Crippen molar-refractivity contribution in [3.63, 3.8) is 0 Å². The number of amides is 2. The van der Waals surface area contributed by atoms with Crippen LogP contribution in [-0.4, -0.2) is 54.0 Å². The first kappa shape index (κ1) is 19.0. The van der Waals surface area contributed by atoms with E-state index >= 15 is 0 Å². The molecule has 1 saturated heterocycles. The molecule has 0 bridgehead atoms. The molecule has 1 atom stereocenters. The molecule has 6 heteroatoms. The van der Waals surface area contributed by atoms with Crippen molar-refractivity contribution in [3.05, 3.63) is 54.4 Å². The van der Waals surface area contributed by atoms with Crippen LogP contribution in [-0.2, 0) is 20.7 Å². The van der Waals surface area contributed by atoms with Crippen molar-refractivity contribution in [2.24, 2.45) is 0 Å². The minimum atomic E-state index is -1.10. The number of hydrogen-bond acceptors (Lipinski definition) is 4. The Bertz CT molecular complexity index is 809. The average Bonchev–Trinajstić information content (AvgIpc) is 2.73. The topological polar surface area (TPSA) is 71.5 Å². The number of carbonyl (C=O) groups excluding carboxylic acids is 2. The van der Waals surface area contributed by atoms with E-state index in [-0.39, 0.29) is 18.4 Å². The summed E-state index contributed by atoms with van der Waals surface area (Å²) in [6.45, 7) is 2.94. The molecule has 1 unspecified atom stereocenters. The lowest BCUT2D eigenvalue weighted by molar-refractivity contribution is -0.165. The van der Waals surface area contributed by atoms with Crippen LogP contribution >= 0.6 is 0 Å². The van der Waals surface area contributed by atoms with Crippen molar-refractivity contribution in [3.8, 4) is 11.1 Å². The van der Waals surface area contributed by atoms with Gasteiger partial charge in [-0.15, -0.1) is 0 Å². The van der Waals surface area contributed by atoms with Gasteiger partial charge in [0.05, 0.1) is 13.2 Å². The van der Waals surface area contributed by atoms with Gasteiger partial charge in [0.25, 0.3) is 5.91 Å². The summed E-state index contributed by atoms with van der Waals surface area (Å²) >= 11 is 0. The number of carbonyl (C=O) groups is 2. The third-order valence-electron chi connectivity index (χ3n) is 4.97. The van der Waals surface area contributed by atoms with Gasteiger partial charge in [0, 0.05) is 38.8 Å². The maximum Gasteiger partial charge on any atom is 0.254 e. The SMILES string of the molecule is CCC(=O)N1CCOC(Cc2ccccc2-c2ccncc2)(C(=O)NC)C1. The summed E-state index contributed by atoms with van der Waals surface area (Å²) < 4.78 is 6.02. The zero-order valence-corrected chi connectivity index (χ0v) is 15.8. The van der Waals surface area contributed by atoms with Crippen LogP contribution < -0.4 is 5.32 Å². The second-order valence-corrected chi connectivity index (χ2v) is 6.66. The Morgan fingerprint density at radius 3 is 2.67 bits per heavy atom. The predicted molar refractivity (Wildman–Crippen MR) is 103 cm³/mol. The van der Waals surface area contributed by atoms with Gasteiger partial charge in [0.15, 0.2) is 5.60 Å². The molecular formula is C21H25N3O3.